The van der Waals surface area contributed by atoms with E-state index in [9.17, 15) is 5.11 Å². The SMILES string of the molecule is CC1(C)CCC(Nc2ccc(O)c(Cl)c2)CC1. The van der Waals surface area contributed by atoms with Crippen molar-refractivity contribution in [2.45, 2.75) is 45.6 Å². The summed E-state index contributed by atoms with van der Waals surface area (Å²) in [4.78, 5) is 0. The Morgan fingerprint density at radius 2 is 1.94 bits per heavy atom. The van der Waals surface area contributed by atoms with Crippen LogP contribution in [0.2, 0.25) is 5.02 Å². The Labute approximate surface area is 108 Å². The number of nitrogens with one attached hydrogen (secondary N) is 1. The molecule has 0 saturated heterocycles. The highest BCUT2D eigenvalue weighted by molar-refractivity contribution is 6.32. The molecule has 3 heteroatoms. The lowest BCUT2D eigenvalue weighted by molar-refractivity contribution is 0.232. The van der Waals surface area contributed by atoms with Gasteiger partial charge < -0.3 is 10.4 Å². The maximum atomic E-state index is 9.36. The zero-order chi connectivity index (χ0) is 12.5. The second-order valence-electron chi connectivity index (χ2n) is 5.75. The fraction of sp³-hybridized carbons (Fsp3) is 0.571. The third kappa shape index (κ3) is 3.29. The minimum Gasteiger partial charge on any atom is -0.506 e. The molecule has 1 saturated carbocycles. The lowest BCUT2D eigenvalue weighted by atomic mass is 9.75. The standard InChI is InChI=1S/C14H20ClNO/c1-14(2)7-5-10(6-8-14)16-11-3-4-13(17)12(15)9-11/h3-4,9-10,16-17H,5-8H2,1-2H3. The molecule has 94 valence electrons. The van der Waals surface area contributed by atoms with E-state index in [1.165, 1.54) is 25.7 Å². The van der Waals surface area contributed by atoms with Crippen molar-refractivity contribution >= 4 is 17.3 Å². The van der Waals surface area contributed by atoms with E-state index in [0.717, 1.165) is 5.69 Å². The second kappa shape index (κ2) is 4.77. The first-order chi connectivity index (χ1) is 7.96. The number of phenolic OH excluding ortho intramolecular Hbond substituents is 1. The van der Waals surface area contributed by atoms with Gasteiger partial charge >= 0.3 is 0 Å². The summed E-state index contributed by atoms with van der Waals surface area (Å²) in [5.74, 6) is 0.141. The molecule has 1 aliphatic carbocycles. The van der Waals surface area contributed by atoms with Crippen LogP contribution in [0.5, 0.6) is 5.75 Å². The number of hydrogen-bond acceptors (Lipinski definition) is 2. The number of aromatic hydroxyl groups is 1. The number of phenols is 1. The third-order valence-electron chi connectivity index (χ3n) is 3.66. The average Bonchev–Trinajstić information content (AvgIpc) is 2.27. The molecule has 0 spiro atoms. The van der Waals surface area contributed by atoms with Crippen LogP contribution in [-0.2, 0) is 0 Å². The first kappa shape index (κ1) is 12.6. The van der Waals surface area contributed by atoms with E-state index < -0.39 is 0 Å². The second-order valence-corrected chi connectivity index (χ2v) is 6.16. The van der Waals surface area contributed by atoms with Gasteiger partial charge in [-0.2, -0.15) is 0 Å². The molecule has 1 aliphatic rings. The Balaban J connectivity index is 1.95. The van der Waals surface area contributed by atoms with Crippen molar-refractivity contribution in [1.29, 1.82) is 0 Å². The Bertz CT molecular complexity index is 393. The summed E-state index contributed by atoms with van der Waals surface area (Å²) in [7, 11) is 0. The fourth-order valence-corrected chi connectivity index (χ4v) is 2.56. The fourth-order valence-electron chi connectivity index (χ4n) is 2.38. The highest BCUT2D eigenvalue weighted by atomic mass is 35.5. The lowest BCUT2D eigenvalue weighted by Crippen LogP contribution is -2.29. The Morgan fingerprint density at radius 3 is 2.53 bits per heavy atom. The van der Waals surface area contributed by atoms with Gasteiger partial charge in [-0.15, -0.1) is 0 Å². The van der Waals surface area contributed by atoms with Gasteiger partial charge in [0.25, 0.3) is 0 Å². The minimum absolute atomic E-state index is 0.141. The molecule has 0 aliphatic heterocycles. The molecule has 0 bridgehead atoms. The van der Waals surface area contributed by atoms with Gasteiger partial charge in [-0.1, -0.05) is 25.4 Å². The summed E-state index contributed by atoms with van der Waals surface area (Å²) < 4.78 is 0. The zero-order valence-electron chi connectivity index (χ0n) is 10.5. The van der Waals surface area contributed by atoms with Crippen LogP contribution in [0.25, 0.3) is 0 Å². The number of rotatable bonds is 2. The lowest BCUT2D eigenvalue weighted by Gasteiger charge is -2.35. The summed E-state index contributed by atoms with van der Waals surface area (Å²) in [6, 6.07) is 5.83. The van der Waals surface area contributed by atoms with Crippen LogP contribution >= 0.6 is 11.6 Å². The van der Waals surface area contributed by atoms with Gasteiger partial charge in [-0.3, -0.25) is 0 Å². The molecule has 2 nitrogen and oxygen atoms in total. The minimum atomic E-state index is 0.141. The summed E-state index contributed by atoms with van der Waals surface area (Å²) in [5.41, 5.74) is 1.49. The van der Waals surface area contributed by atoms with Crippen LogP contribution in [0.1, 0.15) is 39.5 Å². The highest BCUT2D eigenvalue weighted by Crippen LogP contribution is 2.36. The van der Waals surface area contributed by atoms with Gasteiger partial charge in [0.15, 0.2) is 0 Å². The van der Waals surface area contributed by atoms with Crippen molar-refractivity contribution in [2.24, 2.45) is 5.41 Å². The maximum Gasteiger partial charge on any atom is 0.134 e. The Kier molecular flexibility index (Phi) is 3.53. The molecule has 2 rings (SSSR count). The van der Waals surface area contributed by atoms with E-state index >= 15 is 0 Å². The topological polar surface area (TPSA) is 32.3 Å². The molecule has 1 aromatic rings. The predicted octanol–water partition coefficient (Wildman–Crippen LogP) is 4.43. The molecule has 0 heterocycles. The molecule has 2 N–H and O–H groups in total. The van der Waals surface area contributed by atoms with Crippen LogP contribution in [0.4, 0.5) is 5.69 Å². The van der Waals surface area contributed by atoms with Crippen molar-refractivity contribution < 1.29 is 5.11 Å². The van der Waals surface area contributed by atoms with Crippen LogP contribution < -0.4 is 5.32 Å². The zero-order valence-corrected chi connectivity index (χ0v) is 11.2. The Hall–Kier alpha value is -0.890. The largest absolute Gasteiger partial charge is 0.506 e. The van der Waals surface area contributed by atoms with E-state index in [-0.39, 0.29) is 5.75 Å². The molecule has 1 fully saturated rings. The summed E-state index contributed by atoms with van der Waals surface area (Å²) >= 11 is 5.89. The van der Waals surface area contributed by atoms with E-state index in [0.29, 0.717) is 16.5 Å². The number of anilines is 1. The quantitative estimate of drug-likeness (QED) is 0.765. The van der Waals surface area contributed by atoms with E-state index in [1.54, 1.807) is 12.1 Å². The molecule has 0 unspecified atom stereocenters. The van der Waals surface area contributed by atoms with Gasteiger partial charge in [-0.25, -0.2) is 0 Å². The average molecular weight is 254 g/mol. The van der Waals surface area contributed by atoms with E-state index in [1.807, 2.05) is 6.07 Å². The molecule has 0 amide bonds. The van der Waals surface area contributed by atoms with Crippen molar-refractivity contribution in [3.8, 4) is 5.75 Å². The molecule has 0 aromatic heterocycles. The molecule has 0 radical (unpaired) electrons. The van der Waals surface area contributed by atoms with Crippen molar-refractivity contribution in [2.75, 3.05) is 5.32 Å². The van der Waals surface area contributed by atoms with Gasteiger partial charge in [0.1, 0.15) is 5.75 Å². The van der Waals surface area contributed by atoms with Gasteiger partial charge in [-0.05, 0) is 49.3 Å². The van der Waals surface area contributed by atoms with Gasteiger partial charge in [0.05, 0.1) is 5.02 Å². The van der Waals surface area contributed by atoms with Crippen molar-refractivity contribution in [3.05, 3.63) is 23.2 Å². The smallest absolute Gasteiger partial charge is 0.134 e. The first-order valence-electron chi connectivity index (χ1n) is 6.21. The van der Waals surface area contributed by atoms with Crippen LogP contribution in [0.3, 0.4) is 0 Å². The first-order valence-corrected chi connectivity index (χ1v) is 6.59. The molecule has 17 heavy (non-hydrogen) atoms. The monoisotopic (exact) mass is 253 g/mol. The third-order valence-corrected chi connectivity index (χ3v) is 3.96. The molecule has 0 atom stereocenters. The Morgan fingerprint density at radius 1 is 1.29 bits per heavy atom. The van der Waals surface area contributed by atoms with Crippen LogP contribution in [0.15, 0.2) is 18.2 Å². The van der Waals surface area contributed by atoms with Crippen molar-refractivity contribution in [1.82, 2.24) is 0 Å². The summed E-state index contributed by atoms with van der Waals surface area (Å²) in [6.07, 6.45) is 4.92. The van der Waals surface area contributed by atoms with E-state index in [4.69, 9.17) is 11.6 Å². The van der Waals surface area contributed by atoms with Crippen molar-refractivity contribution in [3.63, 3.8) is 0 Å². The highest BCUT2D eigenvalue weighted by Gasteiger charge is 2.26. The number of halogens is 1. The van der Waals surface area contributed by atoms with Crippen LogP contribution in [0, 0.1) is 5.41 Å². The summed E-state index contributed by atoms with van der Waals surface area (Å²) in [6.45, 7) is 4.67. The van der Waals surface area contributed by atoms with Gasteiger partial charge in [0, 0.05) is 11.7 Å². The molecule has 1 aromatic carbocycles. The normalized spacial score (nSPS) is 20.2. The molecular weight excluding hydrogens is 234 g/mol. The van der Waals surface area contributed by atoms with Gasteiger partial charge in [0.2, 0.25) is 0 Å². The maximum absolute atomic E-state index is 9.36. The predicted molar refractivity (Wildman–Crippen MR) is 72.8 cm³/mol. The number of hydrogen-bond donors (Lipinski definition) is 2. The summed E-state index contributed by atoms with van der Waals surface area (Å²) in [5, 5.41) is 13.3. The van der Waals surface area contributed by atoms with Crippen LogP contribution in [-0.4, -0.2) is 11.1 Å². The van der Waals surface area contributed by atoms with E-state index in [2.05, 4.69) is 19.2 Å². The molecular formula is C14H20ClNO. The number of benzene rings is 1.